The van der Waals surface area contributed by atoms with Gasteiger partial charge in [-0.1, -0.05) is 0 Å². The average molecular weight is 364 g/mol. The Labute approximate surface area is 151 Å². The number of ketones is 1. The molecule has 1 aromatic carbocycles. The van der Waals surface area contributed by atoms with Crippen LogP contribution in [0.2, 0.25) is 0 Å². The third-order valence-corrected chi connectivity index (χ3v) is 4.50. The zero-order chi connectivity index (χ0) is 19.3. The maximum absolute atomic E-state index is 12.8. The second-order valence-corrected chi connectivity index (χ2v) is 6.52. The second kappa shape index (κ2) is 8.75. The second-order valence-electron chi connectivity index (χ2n) is 6.52. The summed E-state index contributed by atoms with van der Waals surface area (Å²) in [6.07, 6.45) is 2.36. The Kier molecular flexibility index (Phi) is 6.68. The maximum Gasteiger partial charge on any atom is 0.285 e. The fourth-order valence-corrected chi connectivity index (χ4v) is 3.11. The first-order chi connectivity index (χ1) is 12.3. The van der Waals surface area contributed by atoms with E-state index in [-0.39, 0.29) is 36.3 Å². The Morgan fingerprint density at radius 1 is 1.42 bits per heavy atom. The highest BCUT2D eigenvalue weighted by molar-refractivity contribution is 5.99. The Bertz CT molecular complexity index is 703. The van der Waals surface area contributed by atoms with E-state index < -0.39 is 10.8 Å². The molecule has 0 unspecified atom stereocenters. The van der Waals surface area contributed by atoms with Crippen molar-refractivity contribution in [1.82, 2.24) is 4.90 Å². The molecular weight excluding hydrogens is 340 g/mol. The molecule has 8 nitrogen and oxygen atoms in total. The fourth-order valence-electron chi connectivity index (χ4n) is 3.11. The van der Waals surface area contributed by atoms with Crippen LogP contribution in [-0.2, 0) is 4.79 Å². The summed E-state index contributed by atoms with van der Waals surface area (Å²) in [5.74, 6) is -0.0577. The normalized spacial score (nSPS) is 16.6. The molecule has 142 valence electrons. The Morgan fingerprint density at radius 3 is 2.77 bits per heavy atom. The molecule has 1 aliphatic rings. The van der Waals surface area contributed by atoms with Crippen LogP contribution in [0, 0.1) is 17.0 Å². The number of benzene rings is 1. The number of ether oxygens (including phenoxy) is 1. The summed E-state index contributed by atoms with van der Waals surface area (Å²) in [7, 11) is 0. The molecule has 26 heavy (non-hydrogen) atoms. The van der Waals surface area contributed by atoms with Gasteiger partial charge in [-0.3, -0.25) is 14.9 Å². The number of amides is 1. The number of likely N-dealkylation sites (tertiary alicyclic amines) is 1. The molecule has 1 saturated heterocycles. The van der Waals surface area contributed by atoms with Crippen molar-refractivity contribution in [2.75, 3.05) is 19.8 Å². The molecule has 0 spiro atoms. The van der Waals surface area contributed by atoms with Crippen LogP contribution >= 0.6 is 0 Å². The molecule has 1 atom stereocenters. The molecule has 8 heteroatoms. The van der Waals surface area contributed by atoms with Gasteiger partial charge in [-0.15, -0.1) is 0 Å². The van der Waals surface area contributed by atoms with Crippen molar-refractivity contribution in [2.45, 2.75) is 45.6 Å². The molecule has 0 saturated carbocycles. The van der Waals surface area contributed by atoms with Crippen LogP contribution in [0.4, 0.5) is 5.69 Å². The molecule has 1 heterocycles. The highest BCUT2D eigenvalue weighted by Crippen LogP contribution is 2.31. The largest absolute Gasteiger partial charge is 0.493 e. The van der Waals surface area contributed by atoms with E-state index in [1.54, 1.807) is 6.92 Å². The number of aryl methyl sites for hydroxylation is 1. The fraction of sp³-hybridized carbons (Fsp3) is 0.556. The molecule has 1 N–H and O–H groups in total. The molecule has 0 bridgehead atoms. The molecule has 1 fully saturated rings. The van der Waals surface area contributed by atoms with Crippen LogP contribution in [0.3, 0.4) is 0 Å². The van der Waals surface area contributed by atoms with Crippen LogP contribution in [0.5, 0.6) is 5.75 Å². The van der Waals surface area contributed by atoms with Gasteiger partial charge < -0.3 is 19.5 Å². The number of rotatable bonds is 8. The predicted molar refractivity (Wildman–Crippen MR) is 94.4 cm³/mol. The first-order valence-electron chi connectivity index (χ1n) is 8.68. The molecule has 1 aliphatic heterocycles. The van der Waals surface area contributed by atoms with E-state index in [4.69, 9.17) is 4.74 Å². The lowest BCUT2D eigenvalue weighted by Gasteiger charge is -2.23. The van der Waals surface area contributed by atoms with Crippen LogP contribution in [0.25, 0.3) is 0 Å². The van der Waals surface area contributed by atoms with E-state index in [0.717, 1.165) is 6.42 Å². The standard InChI is InChI=1S/C18H24N2O6/c1-12-9-15(18(23)19-7-3-6-14(19)11-21)16(20(24)25)10-17(12)26-8-4-5-13(2)22/h9-10,14,21H,3-8,11H2,1-2H3/t14-/m0/s1. The summed E-state index contributed by atoms with van der Waals surface area (Å²) >= 11 is 0. The van der Waals surface area contributed by atoms with Gasteiger partial charge in [0.2, 0.25) is 0 Å². The van der Waals surface area contributed by atoms with Gasteiger partial charge in [0.25, 0.3) is 11.6 Å². The van der Waals surface area contributed by atoms with E-state index in [1.165, 1.54) is 24.0 Å². The molecule has 0 radical (unpaired) electrons. The van der Waals surface area contributed by atoms with Crippen molar-refractivity contribution in [1.29, 1.82) is 0 Å². The Balaban J connectivity index is 2.24. The number of carbonyl (C=O) groups excluding carboxylic acids is 2. The highest BCUT2D eigenvalue weighted by atomic mass is 16.6. The Morgan fingerprint density at radius 2 is 2.15 bits per heavy atom. The number of carbonyl (C=O) groups is 2. The van der Waals surface area contributed by atoms with Crippen LogP contribution < -0.4 is 4.74 Å². The monoisotopic (exact) mass is 364 g/mol. The number of aliphatic hydroxyl groups excluding tert-OH is 1. The first-order valence-corrected chi connectivity index (χ1v) is 8.68. The van der Waals surface area contributed by atoms with E-state index in [2.05, 4.69) is 0 Å². The van der Waals surface area contributed by atoms with Gasteiger partial charge in [-0.05, 0) is 44.7 Å². The number of nitrogens with zero attached hydrogens (tertiary/aromatic N) is 2. The molecule has 0 aromatic heterocycles. The number of hydrogen-bond acceptors (Lipinski definition) is 6. The topological polar surface area (TPSA) is 110 Å². The zero-order valence-electron chi connectivity index (χ0n) is 15.1. The number of nitro groups is 1. The van der Waals surface area contributed by atoms with Gasteiger partial charge in [-0.25, -0.2) is 0 Å². The first kappa shape index (κ1) is 19.8. The third-order valence-electron chi connectivity index (χ3n) is 4.50. The van der Waals surface area contributed by atoms with E-state index in [0.29, 0.717) is 37.1 Å². The summed E-state index contributed by atoms with van der Waals surface area (Å²) in [5, 5.41) is 20.9. The number of aliphatic hydroxyl groups is 1. The summed E-state index contributed by atoms with van der Waals surface area (Å²) in [6, 6.07) is 2.43. The maximum atomic E-state index is 12.8. The number of nitro benzene ring substituents is 1. The minimum Gasteiger partial charge on any atom is -0.493 e. The number of Topliss-reactive ketones (excluding diaryl/α,β-unsaturated/α-hetero) is 1. The van der Waals surface area contributed by atoms with E-state index in [1.807, 2.05) is 0 Å². The smallest absolute Gasteiger partial charge is 0.285 e. The molecule has 0 aliphatic carbocycles. The quantitative estimate of drug-likeness (QED) is 0.430. The SMILES string of the molecule is CC(=O)CCCOc1cc([N+](=O)[O-])c(C(=O)N2CCC[C@H]2CO)cc1C. The third kappa shape index (κ3) is 4.57. The van der Waals surface area contributed by atoms with Crippen LogP contribution in [0.15, 0.2) is 12.1 Å². The zero-order valence-corrected chi connectivity index (χ0v) is 15.1. The lowest BCUT2D eigenvalue weighted by atomic mass is 10.1. The van der Waals surface area contributed by atoms with Crippen molar-refractivity contribution in [3.05, 3.63) is 33.4 Å². The Hall–Kier alpha value is -2.48. The number of hydrogen-bond donors (Lipinski definition) is 1. The molecule has 1 amide bonds. The molecular formula is C18H24N2O6. The summed E-state index contributed by atoms with van der Waals surface area (Å²) in [4.78, 5) is 36.1. The van der Waals surface area contributed by atoms with Crippen molar-refractivity contribution in [3.8, 4) is 5.75 Å². The van der Waals surface area contributed by atoms with Crippen molar-refractivity contribution in [2.24, 2.45) is 0 Å². The molecule has 2 rings (SSSR count). The summed E-state index contributed by atoms with van der Waals surface area (Å²) in [5.41, 5.74) is 0.302. The van der Waals surface area contributed by atoms with Crippen LogP contribution in [-0.4, -0.2) is 52.4 Å². The highest BCUT2D eigenvalue weighted by Gasteiger charge is 2.33. The van der Waals surface area contributed by atoms with Gasteiger partial charge in [0.15, 0.2) is 0 Å². The van der Waals surface area contributed by atoms with E-state index in [9.17, 15) is 24.8 Å². The van der Waals surface area contributed by atoms with Crippen molar-refractivity contribution in [3.63, 3.8) is 0 Å². The summed E-state index contributed by atoms with van der Waals surface area (Å²) < 4.78 is 5.56. The van der Waals surface area contributed by atoms with E-state index >= 15 is 0 Å². The summed E-state index contributed by atoms with van der Waals surface area (Å²) in [6.45, 7) is 3.80. The van der Waals surface area contributed by atoms with Gasteiger partial charge in [0.1, 0.15) is 17.1 Å². The van der Waals surface area contributed by atoms with Gasteiger partial charge in [-0.2, -0.15) is 0 Å². The van der Waals surface area contributed by atoms with Gasteiger partial charge in [0.05, 0.1) is 30.2 Å². The minimum absolute atomic E-state index is 0.00364. The lowest BCUT2D eigenvalue weighted by Crippen LogP contribution is -2.37. The van der Waals surface area contributed by atoms with Crippen molar-refractivity contribution < 1.29 is 24.4 Å². The van der Waals surface area contributed by atoms with Crippen LogP contribution in [0.1, 0.15) is 48.5 Å². The predicted octanol–water partition coefficient (Wildman–Crippen LogP) is 2.25. The van der Waals surface area contributed by atoms with Gasteiger partial charge in [0, 0.05) is 13.0 Å². The minimum atomic E-state index is -0.598. The van der Waals surface area contributed by atoms with Crippen molar-refractivity contribution >= 4 is 17.4 Å². The van der Waals surface area contributed by atoms with Gasteiger partial charge >= 0.3 is 0 Å². The lowest BCUT2D eigenvalue weighted by molar-refractivity contribution is -0.385. The molecule has 1 aromatic rings. The average Bonchev–Trinajstić information content (AvgIpc) is 3.07.